The second-order valence-corrected chi connectivity index (χ2v) is 11.7. The van der Waals surface area contributed by atoms with E-state index < -0.39 is 29.7 Å². The molecule has 2 aromatic carbocycles. The largest absolute Gasteiger partial charge is 0.508 e. The van der Waals surface area contributed by atoms with E-state index in [2.05, 4.69) is 10.6 Å². The summed E-state index contributed by atoms with van der Waals surface area (Å²) in [6.45, 7) is 12.9. The molecule has 5 unspecified atom stereocenters. The highest BCUT2D eigenvalue weighted by Crippen LogP contribution is 2.42. The van der Waals surface area contributed by atoms with E-state index in [0.29, 0.717) is 29.0 Å². The molecule has 3 N–H and O–H groups in total. The highest BCUT2D eigenvalue weighted by molar-refractivity contribution is 5.99. The first-order chi connectivity index (χ1) is 18.7. The molecule has 0 aromatic heterocycles. The fraction of sp³-hybridized carbons (Fsp3) is 0.516. The lowest BCUT2D eigenvalue weighted by Crippen LogP contribution is -2.55. The number of aryl methyl sites for hydroxylation is 1. The fourth-order valence-corrected chi connectivity index (χ4v) is 4.62. The third-order valence-electron chi connectivity index (χ3n) is 7.25. The van der Waals surface area contributed by atoms with Gasteiger partial charge in [-0.1, -0.05) is 33.3 Å². The molecule has 3 rings (SSSR count). The molecule has 9 heteroatoms. The van der Waals surface area contributed by atoms with Crippen molar-refractivity contribution >= 4 is 23.6 Å². The minimum atomic E-state index is -1.00. The number of methoxy groups -OCH3 is 1. The van der Waals surface area contributed by atoms with Crippen LogP contribution in [0.1, 0.15) is 71.6 Å². The molecule has 0 saturated heterocycles. The Morgan fingerprint density at radius 2 is 1.75 bits per heavy atom. The third kappa shape index (κ3) is 7.67. The van der Waals surface area contributed by atoms with Gasteiger partial charge in [0.05, 0.1) is 7.11 Å². The Balaban J connectivity index is 2.05. The summed E-state index contributed by atoms with van der Waals surface area (Å²) in [5.74, 6) is -0.0456. The van der Waals surface area contributed by atoms with Crippen molar-refractivity contribution in [2.24, 2.45) is 11.8 Å². The highest BCUT2D eigenvalue weighted by Gasteiger charge is 2.49. The zero-order valence-electron chi connectivity index (χ0n) is 24.8. The summed E-state index contributed by atoms with van der Waals surface area (Å²) in [4.78, 5) is 42.8. The first-order valence-electron chi connectivity index (χ1n) is 13.8. The number of hydrogen-bond acceptors (Lipinski definition) is 6. The molecule has 1 saturated carbocycles. The van der Waals surface area contributed by atoms with Crippen molar-refractivity contribution in [3.8, 4) is 11.5 Å². The van der Waals surface area contributed by atoms with Crippen LogP contribution in [0.5, 0.6) is 11.5 Å². The van der Waals surface area contributed by atoms with E-state index >= 15 is 0 Å². The highest BCUT2D eigenvalue weighted by atomic mass is 16.6. The van der Waals surface area contributed by atoms with Crippen molar-refractivity contribution in [3.05, 3.63) is 53.6 Å². The van der Waals surface area contributed by atoms with Gasteiger partial charge < -0.3 is 30.1 Å². The zero-order chi connectivity index (χ0) is 29.8. The van der Waals surface area contributed by atoms with Crippen LogP contribution in [0.25, 0.3) is 0 Å². The van der Waals surface area contributed by atoms with Crippen molar-refractivity contribution in [1.82, 2.24) is 10.2 Å². The topological polar surface area (TPSA) is 117 Å². The van der Waals surface area contributed by atoms with Gasteiger partial charge in [-0.25, -0.2) is 4.79 Å². The number of carbonyl (C=O) groups excluding carboxylic acids is 3. The van der Waals surface area contributed by atoms with Crippen molar-refractivity contribution in [3.63, 3.8) is 0 Å². The SMILES string of the molecule is CCC(C)C(NC(=O)OC(C)(C)C)C(=O)N(C(C(=O)Nc1ccc(OC)cc1)c1ccc(O)c(C)c1)C1CC1C. The molecule has 0 aliphatic heterocycles. The van der Waals surface area contributed by atoms with Crippen LogP contribution in [0.2, 0.25) is 0 Å². The smallest absolute Gasteiger partial charge is 0.408 e. The Labute approximate surface area is 237 Å². The number of hydrogen-bond donors (Lipinski definition) is 3. The van der Waals surface area contributed by atoms with Crippen LogP contribution >= 0.6 is 0 Å². The van der Waals surface area contributed by atoms with Gasteiger partial charge in [-0.2, -0.15) is 0 Å². The summed E-state index contributed by atoms with van der Waals surface area (Å²) in [7, 11) is 1.57. The third-order valence-corrected chi connectivity index (χ3v) is 7.25. The normalized spacial score (nSPS) is 18.6. The number of carbonyl (C=O) groups is 3. The summed E-state index contributed by atoms with van der Waals surface area (Å²) in [6, 6.07) is 9.76. The van der Waals surface area contributed by atoms with E-state index in [9.17, 15) is 19.5 Å². The number of rotatable bonds is 10. The number of benzene rings is 2. The molecule has 0 bridgehead atoms. The van der Waals surface area contributed by atoms with Gasteiger partial charge in [-0.05, 0) is 93.5 Å². The molecule has 0 heterocycles. The lowest BCUT2D eigenvalue weighted by molar-refractivity contribution is -0.142. The van der Waals surface area contributed by atoms with Crippen molar-refractivity contribution in [2.75, 3.05) is 12.4 Å². The molecule has 1 fully saturated rings. The Morgan fingerprint density at radius 3 is 2.25 bits per heavy atom. The Bertz CT molecular complexity index is 1210. The van der Waals surface area contributed by atoms with E-state index in [4.69, 9.17) is 9.47 Å². The molecule has 0 radical (unpaired) electrons. The van der Waals surface area contributed by atoms with E-state index in [0.717, 1.165) is 6.42 Å². The maximum Gasteiger partial charge on any atom is 0.408 e. The predicted octanol–water partition coefficient (Wildman–Crippen LogP) is 5.57. The van der Waals surface area contributed by atoms with Crippen molar-refractivity contribution in [2.45, 2.75) is 85.0 Å². The number of alkyl carbamates (subject to hydrolysis) is 1. The maximum atomic E-state index is 14.4. The second-order valence-electron chi connectivity index (χ2n) is 11.7. The van der Waals surface area contributed by atoms with Crippen molar-refractivity contribution in [1.29, 1.82) is 0 Å². The summed E-state index contributed by atoms with van der Waals surface area (Å²) in [6.07, 6.45) is 0.672. The Hall–Kier alpha value is -3.75. The van der Waals surface area contributed by atoms with Gasteiger partial charge >= 0.3 is 6.09 Å². The summed E-state index contributed by atoms with van der Waals surface area (Å²) >= 11 is 0. The molecular weight excluding hydrogens is 510 g/mol. The van der Waals surface area contributed by atoms with Gasteiger partial charge in [0.2, 0.25) is 5.91 Å². The van der Waals surface area contributed by atoms with E-state index in [-0.39, 0.29) is 29.5 Å². The monoisotopic (exact) mass is 553 g/mol. The van der Waals surface area contributed by atoms with Crippen LogP contribution in [-0.4, -0.2) is 52.7 Å². The molecule has 2 aromatic rings. The fourth-order valence-electron chi connectivity index (χ4n) is 4.62. The number of ether oxygens (including phenoxy) is 2. The molecule has 0 spiro atoms. The number of phenolic OH excluding ortho intramolecular Hbond substituents is 1. The average molecular weight is 554 g/mol. The number of nitrogens with zero attached hydrogens (tertiary/aromatic N) is 1. The summed E-state index contributed by atoms with van der Waals surface area (Å²) in [5.41, 5.74) is 0.963. The first-order valence-corrected chi connectivity index (χ1v) is 13.8. The number of amides is 3. The number of aromatic hydroxyl groups is 1. The molecular formula is C31H43N3O6. The molecule has 1 aliphatic carbocycles. The summed E-state index contributed by atoms with van der Waals surface area (Å²) in [5, 5.41) is 15.9. The molecule has 3 amide bonds. The van der Waals surface area contributed by atoms with Gasteiger partial charge in [0, 0.05) is 11.7 Å². The molecule has 5 atom stereocenters. The first kappa shape index (κ1) is 30.8. The predicted molar refractivity (Wildman–Crippen MR) is 154 cm³/mol. The number of anilines is 1. The summed E-state index contributed by atoms with van der Waals surface area (Å²) < 4.78 is 10.7. The van der Waals surface area contributed by atoms with Crippen LogP contribution in [0.4, 0.5) is 10.5 Å². The van der Waals surface area contributed by atoms with E-state index in [1.54, 1.807) is 76.1 Å². The van der Waals surface area contributed by atoms with E-state index in [1.165, 1.54) is 6.07 Å². The standard InChI is InChI=1S/C31H43N3O6/c1-9-18(2)26(33-30(38)40-31(5,6)7)29(37)34(24-17-19(24)3)27(21-10-15-25(35)20(4)16-21)28(36)32-22-11-13-23(39-8)14-12-22/h10-16,18-19,24,26-27,35H,9,17H2,1-8H3,(H,32,36)(H,33,38). The molecule has 40 heavy (non-hydrogen) atoms. The quantitative estimate of drug-likeness (QED) is 0.354. The van der Waals surface area contributed by atoms with Gasteiger partial charge in [-0.15, -0.1) is 0 Å². The molecule has 1 aliphatic rings. The minimum absolute atomic E-state index is 0.0970. The van der Waals surface area contributed by atoms with Gasteiger partial charge in [-0.3, -0.25) is 9.59 Å². The minimum Gasteiger partial charge on any atom is -0.508 e. The lowest BCUT2D eigenvalue weighted by Gasteiger charge is -2.36. The average Bonchev–Trinajstić information content (AvgIpc) is 3.61. The van der Waals surface area contributed by atoms with Gasteiger partial charge in [0.1, 0.15) is 29.2 Å². The van der Waals surface area contributed by atoms with Crippen LogP contribution in [0.15, 0.2) is 42.5 Å². The second kappa shape index (κ2) is 12.6. The Morgan fingerprint density at radius 1 is 1.12 bits per heavy atom. The number of phenols is 1. The van der Waals surface area contributed by atoms with Gasteiger partial charge in [0.25, 0.3) is 5.91 Å². The zero-order valence-corrected chi connectivity index (χ0v) is 24.8. The maximum absolute atomic E-state index is 14.4. The Kier molecular flexibility index (Phi) is 9.71. The van der Waals surface area contributed by atoms with Crippen LogP contribution in [0, 0.1) is 18.8 Å². The van der Waals surface area contributed by atoms with Crippen LogP contribution < -0.4 is 15.4 Å². The van der Waals surface area contributed by atoms with E-state index in [1.807, 2.05) is 20.8 Å². The lowest BCUT2D eigenvalue weighted by atomic mass is 9.95. The van der Waals surface area contributed by atoms with Gasteiger partial charge in [0.15, 0.2) is 0 Å². The number of nitrogens with one attached hydrogen (secondary N) is 2. The molecule has 218 valence electrons. The van der Waals surface area contributed by atoms with Crippen molar-refractivity contribution < 1.29 is 29.0 Å². The van der Waals surface area contributed by atoms with Crippen LogP contribution in [0.3, 0.4) is 0 Å². The van der Waals surface area contributed by atoms with Crippen LogP contribution in [-0.2, 0) is 14.3 Å². The molecule has 9 nitrogen and oxygen atoms in total.